The molecule has 0 fully saturated rings. The van der Waals surface area contributed by atoms with Crippen LogP contribution in [-0.4, -0.2) is 17.9 Å². The second-order valence-corrected chi connectivity index (χ2v) is 7.35. The van der Waals surface area contributed by atoms with Crippen LogP contribution >= 0.6 is 11.6 Å². The Morgan fingerprint density at radius 2 is 1.93 bits per heavy atom. The first kappa shape index (κ1) is 17.6. The summed E-state index contributed by atoms with van der Waals surface area (Å²) in [6.07, 6.45) is 0.470. The molecule has 2 amide bonds. The topological polar surface area (TPSA) is 76.5 Å². The highest BCUT2D eigenvalue weighted by atomic mass is 35.5. The number of nitrogens with two attached hydrogens (primary N) is 1. The number of halogens is 1. The standard InChI is InChI=1S/C21H19ClN2O3/c1-11-10-15(20(23)25)14-6-3-4-9-17(14)24(11)21(26)18-12(2)13-7-5-8-16(22)19(13)27-18/h3-9,11,15H,10H2,1-2H3,(H2,23,25). The van der Waals surface area contributed by atoms with Crippen molar-refractivity contribution in [3.05, 3.63) is 64.4 Å². The Balaban J connectivity index is 1.84. The first-order valence-electron chi connectivity index (χ1n) is 8.79. The van der Waals surface area contributed by atoms with Gasteiger partial charge in [0.2, 0.25) is 5.91 Å². The summed E-state index contributed by atoms with van der Waals surface area (Å²) in [6, 6.07) is 12.6. The first-order valence-corrected chi connectivity index (χ1v) is 9.17. The molecule has 27 heavy (non-hydrogen) atoms. The van der Waals surface area contributed by atoms with Gasteiger partial charge in [-0.15, -0.1) is 0 Å². The molecule has 2 unspecified atom stereocenters. The molecule has 6 heteroatoms. The Kier molecular flexibility index (Phi) is 4.19. The van der Waals surface area contributed by atoms with Crippen LogP contribution in [0.4, 0.5) is 5.69 Å². The zero-order valence-corrected chi connectivity index (χ0v) is 15.8. The number of aryl methyl sites for hydroxylation is 1. The maximum absolute atomic E-state index is 13.4. The average Bonchev–Trinajstić information content (AvgIpc) is 2.99. The van der Waals surface area contributed by atoms with Crippen LogP contribution < -0.4 is 10.6 Å². The van der Waals surface area contributed by atoms with Crippen molar-refractivity contribution < 1.29 is 14.0 Å². The van der Waals surface area contributed by atoms with E-state index in [9.17, 15) is 9.59 Å². The zero-order valence-electron chi connectivity index (χ0n) is 15.0. The van der Waals surface area contributed by atoms with Crippen molar-refractivity contribution >= 4 is 40.1 Å². The highest BCUT2D eigenvalue weighted by Crippen LogP contribution is 2.40. The van der Waals surface area contributed by atoms with Crippen molar-refractivity contribution in [1.29, 1.82) is 0 Å². The van der Waals surface area contributed by atoms with Crippen LogP contribution in [0.25, 0.3) is 11.0 Å². The molecule has 138 valence electrons. The summed E-state index contributed by atoms with van der Waals surface area (Å²) in [4.78, 5) is 27.0. The summed E-state index contributed by atoms with van der Waals surface area (Å²) in [5.74, 6) is -0.778. The third-order valence-electron chi connectivity index (χ3n) is 5.26. The van der Waals surface area contributed by atoms with E-state index in [0.717, 1.165) is 16.5 Å². The van der Waals surface area contributed by atoms with Crippen molar-refractivity contribution in [1.82, 2.24) is 0 Å². The van der Waals surface area contributed by atoms with Crippen LogP contribution in [-0.2, 0) is 4.79 Å². The number of anilines is 1. The highest BCUT2D eigenvalue weighted by Gasteiger charge is 2.38. The van der Waals surface area contributed by atoms with Gasteiger partial charge in [0.1, 0.15) is 0 Å². The molecule has 0 saturated carbocycles. The van der Waals surface area contributed by atoms with Gasteiger partial charge in [0, 0.05) is 22.7 Å². The van der Waals surface area contributed by atoms with Crippen LogP contribution in [0.3, 0.4) is 0 Å². The Bertz CT molecular complexity index is 1070. The molecule has 2 atom stereocenters. The van der Waals surface area contributed by atoms with Crippen molar-refractivity contribution in [2.75, 3.05) is 4.90 Å². The number of carbonyl (C=O) groups excluding carboxylic acids is 2. The van der Waals surface area contributed by atoms with Gasteiger partial charge in [-0.05, 0) is 38.0 Å². The van der Waals surface area contributed by atoms with Gasteiger partial charge in [-0.1, -0.05) is 41.9 Å². The van der Waals surface area contributed by atoms with E-state index >= 15 is 0 Å². The summed E-state index contributed by atoms with van der Waals surface area (Å²) >= 11 is 6.23. The van der Waals surface area contributed by atoms with Crippen LogP contribution in [0.15, 0.2) is 46.9 Å². The monoisotopic (exact) mass is 382 g/mol. The van der Waals surface area contributed by atoms with E-state index in [1.54, 1.807) is 11.0 Å². The fourth-order valence-corrected chi connectivity index (χ4v) is 4.13. The number of hydrogen-bond acceptors (Lipinski definition) is 3. The molecule has 0 spiro atoms. The molecule has 1 aliphatic heterocycles. The maximum atomic E-state index is 13.4. The summed E-state index contributed by atoms with van der Waals surface area (Å²) < 4.78 is 5.87. The number of nitrogens with zero attached hydrogens (tertiary/aromatic N) is 1. The van der Waals surface area contributed by atoms with E-state index < -0.39 is 5.92 Å². The molecule has 2 N–H and O–H groups in total. The number of fused-ring (bicyclic) bond motifs is 2. The SMILES string of the molecule is Cc1c(C(=O)N2c3ccccc3C(C(N)=O)CC2C)oc2c(Cl)cccc12. The molecule has 4 rings (SSSR count). The number of amides is 2. The van der Waals surface area contributed by atoms with Gasteiger partial charge in [0.05, 0.1) is 10.9 Å². The Hall–Kier alpha value is -2.79. The van der Waals surface area contributed by atoms with E-state index in [1.165, 1.54) is 0 Å². The molecule has 0 bridgehead atoms. The van der Waals surface area contributed by atoms with Crippen LogP contribution in [0.1, 0.15) is 40.9 Å². The van der Waals surface area contributed by atoms with Crippen LogP contribution in [0.5, 0.6) is 0 Å². The normalized spacial score (nSPS) is 19.1. The predicted molar refractivity (Wildman–Crippen MR) is 105 cm³/mol. The third kappa shape index (κ3) is 2.70. The summed E-state index contributed by atoms with van der Waals surface area (Å²) in [7, 11) is 0. The van der Waals surface area contributed by atoms with E-state index in [0.29, 0.717) is 22.7 Å². The van der Waals surface area contributed by atoms with Gasteiger partial charge in [0.25, 0.3) is 5.91 Å². The minimum absolute atomic E-state index is 0.201. The molecule has 1 aromatic heterocycles. The second kappa shape index (κ2) is 6.43. The zero-order chi connectivity index (χ0) is 19.3. The number of rotatable bonds is 2. The van der Waals surface area contributed by atoms with Crippen LogP contribution in [0, 0.1) is 6.92 Å². The molecule has 3 aromatic rings. The molecule has 0 saturated heterocycles. The van der Waals surface area contributed by atoms with E-state index in [2.05, 4.69) is 0 Å². The lowest BCUT2D eigenvalue weighted by molar-refractivity contribution is -0.119. The molecule has 0 radical (unpaired) electrons. The predicted octanol–water partition coefficient (Wildman–Crippen LogP) is 4.40. The molecule has 2 aromatic carbocycles. The van der Waals surface area contributed by atoms with Gasteiger partial charge < -0.3 is 15.1 Å². The molecule has 0 aliphatic carbocycles. The van der Waals surface area contributed by atoms with Crippen molar-refractivity contribution in [3.8, 4) is 0 Å². The number of furan rings is 1. The third-order valence-corrected chi connectivity index (χ3v) is 5.56. The lowest BCUT2D eigenvalue weighted by atomic mass is 9.85. The number of carbonyl (C=O) groups is 2. The Labute approximate surface area is 161 Å². The number of hydrogen-bond donors (Lipinski definition) is 1. The summed E-state index contributed by atoms with van der Waals surface area (Å²) in [6.45, 7) is 3.76. The van der Waals surface area contributed by atoms with E-state index in [4.69, 9.17) is 21.8 Å². The van der Waals surface area contributed by atoms with Gasteiger partial charge >= 0.3 is 0 Å². The highest BCUT2D eigenvalue weighted by molar-refractivity contribution is 6.35. The van der Waals surface area contributed by atoms with Crippen molar-refractivity contribution in [3.63, 3.8) is 0 Å². The lowest BCUT2D eigenvalue weighted by Gasteiger charge is -2.38. The first-order chi connectivity index (χ1) is 12.9. The van der Waals surface area contributed by atoms with E-state index in [-0.39, 0.29) is 23.6 Å². The fraction of sp³-hybridized carbons (Fsp3) is 0.238. The minimum Gasteiger partial charge on any atom is -0.449 e. The van der Waals surface area contributed by atoms with Gasteiger partial charge in [-0.25, -0.2) is 0 Å². The van der Waals surface area contributed by atoms with Gasteiger partial charge in [0.15, 0.2) is 11.3 Å². The molecule has 2 heterocycles. The number of para-hydroxylation sites is 2. The summed E-state index contributed by atoms with van der Waals surface area (Å²) in [5, 5.41) is 1.29. The van der Waals surface area contributed by atoms with Gasteiger partial charge in [-0.3, -0.25) is 9.59 Å². The lowest BCUT2D eigenvalue weighted by Crippen LogP contribution is -2.45. The smallest absolute Gasteiger partial charge is 0.294 e. The van der Waals surface area contributed by atoms with Gasteiger partial charge in [-0.2, -0.15) is 0 Å². The molecular weight excluding hydrogens is 364 g/mol. The largest absolute Gasteiger partial charge is 0.449 e. The Morgan fingerprint density at radius 3 is 2.63 bits per heavy atom. The minimum atomic E-state index is -0.411. The number of benzene rings is 2. The van der Waals surface area contributed by atoms with Crippen molar-refractivity contribution in [2.45, 2.75) is 32.2 Å². The summed E-state index contributed by atoms with van der Waals surface area (Å²) in [5.41, 5.74) is 8.31. The maximum Gasteiger partial charge on any atom is 0.294 e. The van der Waals surface area contributed by atoms with Crippen LogP contribution in [0.2, 0.25) is 5.02 Å². The van der Waals surface area contributed by atoms with E-state index in [1.807, 2.05) is 50.2 Å². The fourth-order valence-electron chi connectivity index (χ4n) is 3.91. The molecular formula is C21H19ClN2O3. The Morgan fingerprint density at radius 1 is 1.19 bits per heavy atom. The van der Waals surface area contributed by atoms with Crippen molar-refractivity contribution in [2.24, 2.45) is 5.73 Å². The number of primary amides is 1. The quantitative estimate of drug-likeness (QED) is 0.713. The molecule has 5 nitrogen and oxygen atoms in total. The second-order valence-electron chi connectivity index (χ2n) is 6.95. The molecule has 1 aliphatic rings. The average molecular weight is 383 g/mol.